The topological polar surface area (TPSA) is 46.2 Å². The van der Waals surface area contributed by atoms with Gasteiger partial charge in [0.1, 0.15) is 17.1 Å². The first-order valence-corrected chi connectivity index (χ1v) is 7.30. The molecule has 0 aliphatic carbocycles. The molecule has 0 saturated carbocycles. The van der Waals surface area contributed by atoms with E-state index in [0.29, 0.717) is 5.56 Å². The van der Waals surface area contributed by atoms with Gasteiger partial charge >= 0.3 is 0 Å². The molecular formula is C20H13NO2. The van der Waals surface area contributed by atoms with E-state index < -0.39 is 0 Å². The van der Waals surface area contributed by atoms with Gasteiger partial charge in [-0.25, -0.2) is 0 Å². The summed E-state index contributed by atoms with van der Waals surface area (Å²) in [5, 5.41) is 12.2. The highest BCUT2D eigenvalue weighted by Crippen LogP contribution is 2.39. The molecule has 0 aliphatic rings. The van der Waals surface area contributed by atoms with E-state index in [0.717, 1.165) is 38.8 Å². The normalized spacial score (nSPS) is 10.8. The smallest absolute Gasteiger partial charge is 0.139 e. The van der Waals surface area contributed by atoms with E-state index in [1.807, 2.05) is 60.7 Å². The van der Waals surface area contributed by atoms with Gasteiger partial charge in [-0.3, -0.25) is 0 Å². The largest absolute Gasteiger partial charge is 0.496 e. The van der Waals surface area contributed by atoms with Crippen molar-refractivity contribution in [1.29, 1.82) is 5.26 Å². The molecule has 0 atom stereocenters. The summed E-state index contributed by atoms with van der Waals surface area (Å²) in [4.78, 5) is 0. The molecule has 0 amide bonds. The summed E-state index contributed by atoms with van der Waals surface area (Å²) in [7, 11) is 1.64. The molecule has 0 fully saturated rings. The van der Waals surface area contributed by atoms with Gasteiger partial charge < -0.3 is 9.15 Å². The quantitative estimate of drug-likeness (QED) is 0.515. The Kier molecular flexibility index (Phi) is 3.03. The number of hydrogen-bond acceptors (Lipinski definition) is 3. The molecule has 0 saturated heterocycles. The Morgan fingerprint density at radius 2 is 1.78 bits per heavy atom. The number of nitrogens with zero attached hydrogens (tertiary/aromatic N) is 1. The number of rotatable bonds is 2. The van der Waals surface area contributed by atoms with Crippen molar-refractivity contribution in [3.63, 3.8) is 0 Å². The predicted octanol–water partition coefficient (Wildman–Crippen LogP) is 5.13. The van der Waals surface area contributed by atoms with Crippen molar-refractivity contribution >= 4 is 21.7 Å². The zero-order valence-corrected chi connectivity index (χ0v) is 12.5. The second-order valence-corrected chi connectivity index (χ2v) is 5.34. The molecule has 0 unspecified atom stereocenters. The molecule has 0 bridgehead atoms. The Balaban J connectivity index is 2.09. The van der Waals surface area contributed by atoms with Crippen LogP contribution in [0.2, 0.25) is 0 Å². The number of benzene rings is 3. The average molecular weight is 299 g/mol. The zero-order valence-electron chi connectivity index (χ0n) is 12.5. The van der Waals surface area contributed by atoms with Crippen molar-refractivity contribution < 1.29 is 9.15 Å². The second kappa shape index (κ2) is 5.19. The Morgan fingerprint density at radius 1 is 0.957 bits per heavy atom. The summed E-state index contributed by atoms with van der Waals surface area (Å²) < 4.78 is 11.5. The Bertz CT molecular complexity index is 1040. The van der Waals surface area contributed by atoms with E-state index in [4.69, 9.17) is 9.15 Å². The number of ether oxygens (including phenoxy) is 1. The summed E-state index contributed by atoms with van der Waals surface area (Å²) in [5.74, 6) is 1.47. The summed E-state index contributed by atoms with van der Waals surface area (Å²) in [5.41, 5.74) is 2.32. The number of nitriles is 1. The Hall–Kier alpha value is -3.25. The van der Waals surface area contributed by atoms with Crippen molar-refractivity contribution in [2.45, 2.75) is 0 Å². The van der Waals surface area contributed by atoms with Crippen LogP contribution in [-0.2, 0) is 0 Å². The summed E-state index contributed by atoms with van der Waals surface area (Å²) >= 11 is 0. The first kappa shape index (κ1) is 13.4. The highest BCUT2D eigenvalue weighted by Gasteiger charge is 2.15. The molecule has 4 rings (SSSR count). The second-order valence-electron chi connectivity index (χ2n) is 5.34. The number of fused-ring (bicyclic) bond motifs is 2. The van der Waals surface area contributed by atoms with Crippen molar-refractivity contribution in [2.75, 3.05) is 7.11 Å². The SMILES string of the molecule is COc1ccc2ccc(C#N)cc2c1-c1cc2ccccc2o1. The fourth-order valence-electron chi connectivity index (χ4n) is 2.90. The third kappa shape index (κ3) is 2.13. The zero-order chi connectivity index (χ0) is 15.8. The van der Waals surface area contributed by atoms with Crippen LogP contribution in [0.15, 0.2) is 65.1 Å². The molecule has 0 spiro atoms. The van der Waals surface area contributed by atoms with Crippen molar-refractivity contribution in [3.8, 4) is 23.1 Å². The van der Waals surface area contributed by atoms with Crippen LogP contribution in [0.4, 0.5) is 0 Å². The van der Waals surface area contributed by atoms with E-state index in [1.54, 1.807) is 7.11 Å². The predicted molar refractivity (Wildman–Crippen MR) is 90.4 cm³/mol. The maximum atomic E-state index is 9.19. The van der Waals surface area contributed by atoms with Gasteiger partial charge in [0.2, 0.25) is 0 Å². The van der Waals surface area contributed by atoms with Crippen LogP contribution in [0, 0.1) is 11.3 Å². The fourth-order valence-corrected chi connectivity index (χ4v) is 2.90. The van der Waals surface area contributed by atoms with E-state index in [-0.39, 0.29) is 0 Å². The Labute approximate surface area is 133 Å². The summed E-state index contributed by atoms with van der Waals surface area (Å²) in [6, 6.07) is 21.6. The van der Waals surface area contributed by atoms with Crippen molar-refractivity contribution in [1.82, 2.24) is 0 Å². The summed E-state index contributed by atoms with van der Waals surface area (Å²) in [6.07, 6.45) is 0. The minimum Gasteiger partial charge on any atom is -0.496 e. The van der Waals surface area contributed by atoms with Gasteiger partial charge in [0.15, 0.2) is 0 Å². The van der Waals surface area contributed by atoms with E-state index >= 15 is 0 Å². The van der Waals surface area contributed by atoms with Crippen LogP contribution in [0.1, 0.15) is 5.56 Å². The third-order valence-corrected chi connectivity index (χ3v) is 4.00. The van der Waals surface area contributed by atoms with Gasteiger partial charge in [0.05, 0.1) is 24.3 Å². The lowest BCUT2D eigenvalue weighted by Crippen LogP contribution is -1.89. The van der Waals surface area contributed by atoms with Crippen LogP contribution in [0.3, 0.4) is 0 Å². The molecule has 4 aromatic rings. The first-order chi connectivity index (χ1) is 11.3. The van der Waals surface area contributed by atoms with Crippen LogP contribution in [0.5, 0.6) is 5.75 Å². The van der Waals surface area contributed by atoms with Gasteiger partial charge in [-0.2, -0.15) is 5.26 Å². The standard InChI is InChI=1S/C20H13NO2/c1-22-18-9-8-14-7-6-13(12-21)10-16(14)20(18)19-11-15-4-2-3-5-17(15)23-19/h2-11H,1H3. The molecule has 0 aliphatic heterocycles. The molecule has 3 heteroatoms. The molecule has 1 aromatic heterocycles. The fraction of sp³-hybridized carbons (Fsp3) is 0.0500. The Morgan fingerprint density at radius 3 is 2.57 bits per heavy atom. The monoisotopic (exact) mass is 299 g/mol. The lowest BCUT2D eigenvalue weighted by molar-refractivity contribution is 0.415. The molecular weight excluding hydrogens is 286 g/mol. The van der Waals surface area contributed by atoms with Gasteiger partial charge in [0, 0.05) is 5.39 Å². The minimum absolute atomic E-state index is 0.614. The van der Waals surface area contributed by atoms with Gasteiger partial charge in [-0.05, 0) is 41.1 Å². The molecule has 0 N–H and O–H groups in total. The maximum absolute atomic E-state index is 9.19. The van der Waals surface area contributed by atoms with E-state index in [9.17, 15) is 5.26 Å². The molecule has 3 nitrogen and oxygen atoms in total. The lowest BCUT2D eigenvalue weighted by Gasteiger charge is -2.10. The lowest BCUT2D eigenvalue weighted by atomic mass is 9.99. The first-order valence-electron chi connectivity index (χ1n) is 7.30. The van der Waals surface area contributed by atoms with Crippen molar-refractivity contribution in [3.05, 3.63) is 66.2 Å². The van der Waals surface area contributed by atoms with Crippen LogP contribution >= 0.6 is 0 Å². The van der Waals surface area contributed by atoms with Crippen LogP contribution in [-0.4, -0.2) is 7.11 Å². The molecule has 3 aromatic carbocycles. The van der Waals surface area contributed by atoms with Gasteiger partial charge in [-0.15, -0.1) is 0 Å². The molecule has 23 heavy (non-hydrogen) atoms. The van der Waals surface area contributed by atoms with Gasteiger partial charge in [-0.1, -0.05) is 30.3 Å². The number of methoxy groups -OCH3 is 1. The van der Waals surface area contributed by atoms with Crippen LogP contribution < -0.4 is 4.74 Å². The molecule has 1 heterocycles. The van der Waals surface area contributed by atoms with Crippen molar-refractivity contribution in [2.24, 2.45) is 0 Å². The van der Waals surface area contributed by atoms with E-state index in [2.05, 4.69) is 6.07 Å². The third-order valence-electron chi connectivity index (χ3n) is 4.00. The highest BCUT2D eigenvalue weighted by atomic mass is 16.5. The molecule has 110 valence electrons. The highest BCUT2D eigenvalue weighted by molar-refractivity contribution is 6.01. The van der Waals surface area contributed by atoms with Gasteiger partial charge in [0.25, 0.3) is 0 Å². The number of hydrogen-bond donors (Lipinski definition) is 0. The van der Waals surface area contributed by atoms with Crippen LogP contribution in [0.25, 0.3) is 33.1 Å². The summed E-state index contributed by atoms with van der Waals surface area (Å²) in [6.45, 7) is 0. The maximum Gasteiger partial charge on any atom is 0.139 e. The number of furan rings is 1. The minimum atomic E-state index is 0.614. The average Bonchev–Trinajstić information content (AvgIpc) is 3.03. The molecule has 0 radical (unpaired) electrons. The number of para-hydroxylation sites is 1. The van der Waals surface area contributed by atoms with E-state index in [1.165, 1.54) is 0 Å².